The number of hydrogen-bond acceptors (Lipinski definition) is 4. The molecule has 0 fully saturated rings. The van der Waals surface area contributed by atoms with Gasteiger partial charge in [-0.15, -0.1) is 0 Å². The van der Waals surface area contributed by atoms with Crippen LogP contribution in [0, 0.1) is 16.0 Å². The van der Waals surface area contributed by atoms with Crippen LogP contribution in [0.2, 0.25) is 0 Å². The second kappa shape index (κ2) is 7.45. The predicted molar refractivity (Wildman–Crippen MR) is 78.6 cm³/mol. The molecule has 1 aromatic carbocycles. The maximum absolute atomic E-state index is 10.9. The van der Waals surface area contributed by atoms with Crippen molar-refractivity contribution >= 4 is 21.6 Å². The summed E-state index contributed by atoms with van der Waals surface area (Å²) in [5, 5.41) is 14.2. The Hall–Kier alpha value is -1.14. The maximum Gasteiger partial charge on any atom is 0.312 e. The van der Waals surface area contributed by atoms with Crippen LogP contribution >= 0.6 is 15.9 Å². The molecule has 0 aliphatic carbocycles. The van der Waals surface area contributed by atoms with Gasteiger partial charge in [0.15, 0.2) is 0 Å². The summed E-state index contributed by atoms with van der Waals surface area (Å²) in [6, 6.07) is 5.22. The molecule has 19 heavy (non-hydrogen) atoms. The molecule has 0 aliphatic heterocycles. The molecule has 0 radical (unpaired) electrons. The van der Waals surface area contributed by atoms with Crippen LogP contribution in [0.15, 0.2) is 22.7 Å². The van der Waals surface area contributed by atoms with Crippen molar-refractivity contribution in [1.29, 1.82) is 0 Å². The van der Waals surface area contributed by atoms with Gasteiger partial charge in [-0.2, -0.15) is 0 Å². The number of nitrogens with zero attached hydrogens (tertiary/aromatic N) is 1. The van der Waals surface area contributed by atoms with Crippen molar-refractivity contribution in [2.45, 2.75) is 26.8 Å². The van der Waals surface area contributed by atoms with E-state index in [-0.39, 0.29) is 11.6 Å². The Bertz CT molecular complexity index is 438. The monoisotopic (exact) mass is 330 g/mol. The molecule has 1 rings (SSSR count). The van der Waals surface area contributed by atoms with Gasteiger partial charge in [0.2, 0.25) is 5.75 Å². The normalized spacial score (nSPS) is 12.5. The summed E-state index contributed by atoms with van der Waals surface area (Å²) in [5.74, 6) is 0.568. The van der Waals surface area contributed by atoms with Gasteiger partial charge in [0, 0.05) is 24.6 Å². The van der Waals surface area contributed by atoms with E-state index in [1.807, 2.05) is 6.92 Å². The van der Waals surface area contributed by atoms with E-state index in [2.05, 4.69) is 35.1 Å². The summed E-state index contributed by atoms with van der Waals surface area (Å²) in [6.45, 7) is 7.44. The lowest BCUT2D eigenvalue weighted by Gasteiger charge is -2.16. The first kappa shape index (κ1) is 15.9. The van der Waals surface area contributed by atoms with Crippen molar-refractivity contribution in [2.24, 2.45) is 5.92 Å². The third-order valence-electron chi connectivity index (χ3n) is 2.53. The number of benzene rings is 1. The second-order valence-electron chi connectivity index (χ2n) is 4.82. The first-order valence-corrected chi connectivity index (χ1v) is 7.00. The average Bonchev–Trinajstić information content (AvgIpc) is 2.34. The number of halogens is 1. The SMILES string of the molecule is CC(CNC(C)C)COc1c(Br)cccc1[N+](=O)[O-]. The Morgan fingerprint density at radius 1 is 1.42 bits per heavy atom. The molecule has 1 atom stereocenters. The molecule has 0 aliphatic rings. The third kappa shape index (κ3) is 5.16. The van der Waals surface area contributed by atoms with Gasteiger partial charge in [-0.1, -0.05) is 26.8 Å². The van der Waals surface area contributed by atoms with E-state index in [9.17, 15) is 10.1 Å². The molecule has 0 aromatic heterocycles. The first-order chi connectivity index (χ1) is 8.91. The molecule has 1 aromatic rings. The Balaban J connectivity index is 2.64. The molecule has 0 bridgehead atoms. The van der Waals surface area contributed by atoms with Crippen LogP contribution in [0.3, 0.4) is 0 Å². The molecule has 0 saturated carbocycles. The lowest BCUT2D eigenvalue weighted by Crippen LogP contribution is -2.30. The number of nitro groups is 1. The van der Waals surface area contributed by atoms with Gasteiger partial charge in [0.05, 0.1) is 16.0 Å². The van der Waals surface area contributed by atoms with Crippen molar-refractivity contribution in [3.8, 4) is 5.75 Å². The smallest absolute Gasteiger partial charge is 0.312 e. The van der Waals surface area contributed by atoms with E-state index in [1.54, 1.807) is 12.1 Å². The van der Waals surface area contributed by atoms with Gasteiger partial charge in [0.1, 0.15) is 0 Å². The number of nitrogens with one attached hydrogen (secondary N) is 1. The van der Waals surface area contributed by atoms with E-state index in [0.29, 0.717) is 22.9 Å². The lowest BCUT2D eigenvalue weighted by molar-refractivity contribution is -0.386. The van der Waals surface area contributed by atoms with Gasteiger partial charge in [-0.05, 0) is 22.0 Å². The minimum absolute atomic E-state index is 0.0154. The average molecular weight is 331 g/mol. The molecule has 0 spiro atoms. The molecular formula is C13H19BrN2O3. The summed E-state index contributed by atoms with van der Waals surface area (Å²) in [5.41, 5.74) is -0.0154. The highest BCUT2D eigenvalue weighted by molar-refractivity contribution is 9.10. The summed E-state index contributed by atoms with van der Waals surface area (Å²) < 4.78 is 6.20. The fourth-order valence-corrected chi connectivity index (χ4v) is 1.98. The third-order valence-corrected chi connectivity index (χ3v) is 3.15. The number of hydrogen-bond donors (Lipinski definition) is 1. The van der Waals surface area contributed by atoms with E-state index in [4.69, 9.17) is 4.74 Å². The van der Waals surface area contributed by atoms with Crippen LogP contribution in [0.5, 0.6) is 5.75 Å². The van der Waals surface area contributed by atoms with Crippen LogP contribution in [-0.4, -0.2) is 24.1 Å². The van der Waals surface area contributed by atoms with Crippen molar-refractivity contribution < 1.29 is 9.66 Å². The summed E-state index contributed by atoms with van der Waals surface area (Å²) in [6.07, 6.45) is 0. The zero-order chi connectivity index (χ0) is 14.4. The minimum atomic E-state index is -0.433. The second-order valence-corrected chi connectivity index (χ2v) is 5.68. The van der Waals surface area contributed by atoms with Gasteiger partial charge >= 0.3 is 5.69 Å². The molecule has 5 nitrogen and oxygen atoms in total. The highest BCUT2D eigenvalue weighted by Gasteiger charge is 2.18. The molecule has 106 valence electrons. The van der Waals surface area contributed by atoms with E-state index in [1.165, 1.54) is 6.07 Å². The standard InChI is InChI=1S/C13H19BrN2O3/c1-9(2)15-7-10(3)8-19-13-11(14)5-4-6-12(13)16(17)18/h4-6,9-10,15H,7-8H2,1-3H3. The minimum Gasteiger partial charge on any atom is -0.486 e. The molecular weight excluding hydrogens is 312 g/mol. The zero-order valence-corrected chi connectivity index (χ0v) is 12.9. The Morgan fingerprint density at radius 2 is 2.11 bits per heavy atom. The Labute approximate surface area is 121 Å². The number of para-hydroxylation sites is 1. The molecule has 0 heterocycles. The van der Waals surface area contributed by atoms with Crippen LogP contribution in [0.1, 0.15) is 20.8 Å². The lowest BCUT2D eigenvalue weighted by atomic mass is 10.2. The fraction of sp³-hybridized carbons (Fsp3) is 0.538. The first-order valence-electron chi connectivity index (χ1n) is 6.21. The zero-order valence-electron chi connectivity index (χ0n) is 11.4. The van der Waals surface area contributed by atoms with Crippen molar-refractivity contribution in [3.05, 3.63) is 32.8 Å². The largest absolute Gasteiger partial charge is 0.486 e. The van der Waals surface area contributed by atoms with Gasteiger partial charge in [-0.25, -0.2) is 0 Å². The molecule has 1 unspecified atom stereocenters. The van der Waals surface area contributed by atoms with E-state index >= 15 is 0 Å². The van der Waals surface area contributed by atoms with Crippen LogP contribution < -0.4 is 10.1 Å². The topological polar surface area (TPSA) is 64.4 Å². The van der Waals surface area contributed by atoms with Gasteiger partial charge in [0.25, 0.3) is 0 Å². The fourth-order valence-electron chi connectivity index (χ4n) is 1.51. The summed E-state index contributed by atoms with van der Waals surface area (Å²) in [4.78, 5) is 10.5. The van der Waals surface area contributed by atoms with Gasteiger partial charge in [-0.3, -0.25) is 10.1 Å². The summed E-state index contributed by atoms with van der Waals surface area (Å²) >= 11 is 3.28. The van der Waals surface area contributed by atoms with Crippen molar-refractivity contribution in [3.63, 3.8) is 0 Å². The highest BCUT2D eigenvalue weighted by atomic mass is 79.9. The Kier molecular flexibility index (Phi) is 6.24. The molecule has 6 heteroatoms. The van der Waals surface area contributed by atoms with Crippen molar-refractivity contribution in [2.75, 3.05) is 13.2 Å². The summed E-state index contributed by atoms with van der Waals surface area (Å²) in [7, 11) is 0. The van der Waals surface area contributed by atoms with Crippen LogP contribution in [-0.2, 0) is 0 Å². The van der Waals surface area contributed by atoms with Crippen LogP contribution in [0.25, 0.3) is 0 Å². The quantitative estimate of drug-likeness (QED) is 0.615. The van der Waals surface area contributed by atoms with E-state index in [0.717, 1.165) is 6.54 Å². The molecule has 0 saturated heterocycles. The van der Waals surface area contributed by atoms with Crippen molar-refractivity contribution in [1.82, 2.24) is 5.32 Å². The maximum atomic E-state index is 10.9. The molecule has 1 N–H and O–H groups in total. The number of nitro benzene ring substituents is 1. The number of rotatable bonds is 7. The van der Waals surface area contributed by atoms with E-state index < -0.39 is 4.92 Å². The predicted octanol–water partition coefficient (Wildman–Crippen LogP) is 3.37. The molecule has 0 amide bonds. The van der Waals surface area contributed by atoms with Gasteiger partial charge < -0.3 is 10.1 Å². The van der Waals surface area contributed by atoms with Crippen LogP contribution in [0.4, 0.5) is 5.69 Å². The number of ether oxygens (including phenoxy) is 1. The highest BCUT2D eigenvalue weighted by Crippen LogP contribution is 2.34. The Morgan fingerprint density at radius 3 is 2.68 bits per heavy atom.